The van der Waals surface area contributed by atoms with Crippen LogP contribution in [0.4, 0.5) is 0 Å². The molecule has 2 aromatic rings. The number of primary amides is 1. The Morgan fingerprint density at radius 1 is 1.06 bits per heavy atom. The molecule has 0 bridgehead atoms. The second kappa shape index (κ2) is 9.66. The molecule has 0 aromatic heterocycles. The van der Waals surface area contributed by atoms with Gasteiger partial charge in [0.05, 0.1) is 0 Å². The number of aliphatic hydroxyl groups is 1. The van der Waals surface area contributed by atoms with Crippen molar-refractivity contribution in [2.45, 2.75) is 68.9 Å². The van der Waals surface area contributed by atoms with Crippen molar-refractivity contribution in [1.29, 1.82) is 0 Å². The maximum absolute atomic E-state index is 11.7. The van der Waals surface area contributed by atoms with Gasteiger partial charge >= 0.3 is 0 Å². The number of hydrogen-bond donors (Lipinski definition) is 2. The first-order chi connectivity index (χ1) is 16.8. The van der Waals surface area contributed by atoms with E-state index in [1.165, 1.54) is 24.8 Å². The summed E-state index contributed by atoms with van der Waals surface area (Å²) in [6.45, 7) is 2.43. The zero-order valence-electron chi connectivity index (χ0n) is 21.2. The van der Waals surface area contributed by atoms with Gasteiger partial charge in [-0.05, 0) is 81.8 Å². The van der Waals surface area contributed by atoms with Crippen LogP contribution in [0.1, 0.15) is 66.4 Å². The van der Waals surface area contributed by atoms with Crippen LogP contribution in [0.25, 0.3) is 0 Å². The second-order valence-electron chi connectivity index (χ2n) is 11.3. The quantitative estimate of drug-likeness (QED) is 0.637. The first kappa shape index (κ1) is 24.4. The minimum atomic E-state index is -0.601. The fourth-order valence-electron chi connectivity index (χ4n) is 6.75. The summed E-state index contributed by atoms with van der Waals surface area (Å²) < 4.78 is 0. The number of amides is 1. The molecule has 3 fully saturated rings. The average molecular weight is 477 g/mol. The van der Waals surface area contributed by atoms with Gasteiger partial charge in [-0.3, -0.25) is 19.5 Å². The molecule has 188 valence electrons. The number of hydrogen-bond acceptors (Lipinski definition) is 5. The van der Waals surface area contributed by atoms with E-state index in [0.717, 1.165) is 44.3 Å². The van der Waals surface area contributed by atoms with Crippen LogP contribution in [0.2, 0.25) is 0 Å². The molecule has 35 heavy (non-hydrogen) atoms. The summed E-state index contributed by atoms with van der Waals surface area (Å²) in [7, 11) is 4.41. The van der Waals surface area contributed by atoms with Crippen molar-refractivity contribution >= 4 is 5.91 Å². The molecule has 0 radical (unpaired) electrons. The molecule has 1 atom stereocenters. The first-order valence-corrected chi connectivity index (χ1v) is 13.1. The van der Waals surface area contributed by atoms with Crippen LogP contribution >= 0.6 is 0 Å². The second-order valence-corrected chi connectivity index (χ2v) is 11.3. The summed E-state index contributed by atoms with van der Waals surface area (Å²) in [5.74, 6) is 0.277. The van der Waals surface area contributed by atoms with Gasteiger partial charge in [0.1, 0.15) is 0 Å². The molecular formula is C29H40N4O2. The van der Waals surface area contributed by atoms with Gasteiger partial charge in [0.15, 0.2) is 6.35 Å². The van der Waals surface area contributed by atoms with Crippen LogP contribution in [0.3, 0.4) is 0 Å². The zero-order valence-corrected chi connectivity index (χ0v) is 21.2. The highest BCUT2D eigenvalue weighted by molar-refractivity contribution is 5.92. The molecule has 5 rings (SSSR count). The molecule has 3 N–H and O–H groups in total. The van der Waals surface area contributed by atoms with Crippen molar-refractivity contribution in [3.05, 3.63) is 71.3 Å². The van der Waals surface area contributed by atoms with Crippen molar-refractivity contribution in [2.75, 3.05) is 27.2 Å². The van der Waals surface area contributed by atoms with Gasteiger partial charge in [-0.15, -0.1) is 0 Å². The van der Waals surface area contributed by atoms with Crippen molar-refractivity contribution in [3.63, 3.8) is 0 Å². The van der Waals surface area contributed by atoms with Gasteiger partial charge in [-0.25, -0.2) is 0 Å². The Kier molecular flexibility index (Phi) is 6.75. The standard InChI is InChI=1S/C29H40N4O2/c1-31(2)29(25-12-4-3-5-13-25)16-14-28(15-17-29)21-32(27(35)33(28)20-22-8-6-9-22)19-23-10-7-11-24(18-23)26(30)34/h3-5,7,10-13,18,22,27,35H,6,8-9,14-17,19-21H2,1-2H3,(H2,30,34)/t27?,28-,29+. The number of nitrogens with zero attached hydrogens (tertiary/aromatic N) is 3. The first-order valence-electron chi connectivity index (χ1n) is 13.1. The van der Waals surface area contributed by atoms with Gasteiger partial charge in [0.25, 0.3) is 0 Å². The lowest BCUT2D eigenvalue weighted by molar-refractivity contribution is -0.104. The third-order valence-corrected chi connectivity index (χ3v) is 9.16. The monoisotopic (exact) mass is 476 g/mol. The Balaban J connectivity index is 1.39. The minimum absolute atomic E-state index is 0.0232. The summed E-state index contributed by atoms with van der Waals surface area (Å²) in [6.07, 6.45) is 7.51. The summed E-state index contributed by atoms with van der Waals surface area (Å²) in [6, 6.07) is 18.4. The van der Waals surface area contributed by atoms with Gasteiger partial charge in [0, 0.05) is 36.3 Å². The molecule has 1 spiro atoms. The van der Waals surface area contributed by atoms with E-state index in [9.17, 15) is 9.90 Å². The number of carbonyl (C=O) groups excluding carboxylic acids is 1. The number of rotatable bonds is 7. The normalized spacial score (nSPS) is 30.1. The highest BCUT2D eigenvalue weighted by Gasteiger charge is 2.55. The molecule has 1 aliphatic heterocycles. The Labute approximate surface area is 209 Å². The molecule has 1 heterocycles. The average Bonchev–Trinajstić information content (AvgIpc) is 3.07. The van der Waals surface area contributed by atoms with E-state index in [4.69, 9.17) is 5.73 Å². The van der Waals surface area contributed by atoms with Crippen LogP contribution in [-0.4, -0.2) is 64.8 Å². The van der Waals surface area contributed by atoms with Crippen molar-refractivity contribution in [2.24, 2.45) is 11.7 Å². The van der Waals surface area contributed by atoms with E-state index in [-0.39, 0.29) is 11.1 Å². The zero-order chi connectivity index (χ0) is 24.6. The van der Waals surface area contributed by atoms with Crippen LogP contribution < -0.4 is 5.73 Å². The predicted molar refractivity (Wildman–Crippen MR) is 138 cm³/mol. The minimum Gasteiger partial charge on any atom is -0.366 e. The SMILES string of the molecule is CN(C)[C@]1(c2ccccc2)CC[C@]2(CC1)CN(Cc1cccc(C(N)=O)c1)C(O)N2CC1CCC1. The van der Waals surface area contributed by atoms with Crippen molar-refractivity contribution in [1.82, 2.24) is 14.7 Å². The number of nitrogens with two attached hydrogens (primary N) is 1. The molecule has 3 aliphatic rings. The summed E-state index contributed by atoms with van der Waals surface area (Å²) in [5.41, 5.74) is 8.45. The largest absolute Gasteiger partial charge is 0.366 e. The molecule has 1 saturated heterocycles. The van der Waals surface area contributed by atoms with Gasteiger partial charge < -0.3 is 10.8 Å². The third kappa shape index (κ3) is 4.53. The molecule has 6 nitrogen and oxygen atoms in total. The van der Waals surface area contributed by atoms with E-state index < -0.39 is 12.3 Å². The summed E-state index contributed by atoms with van der Waals surface area (Å²) in [4.78, 5) is 18.7. The molecular weight excluding hydrogens is 436 g/mol. The van der Waals surface area contributed by atoms with Crippen molar-refractivity contribution in [3.8, 4) is 0 Å². The number of benzene rings is 2. The van der Waals surface area contributed by atoms with Crippen molar-refractivity contribution < 1.29 is 9.90 Å². The fourth-order valence-corrected chi connectivity index (χ4v) is 6.75. The highest BCUT2D eigenvalue weighted by Crippen LogP contribution is 2.50. The maximum Gasteiger partial charge on any atom is 0.248 e. The molecule has 2 aliphatic carbocycles. The maximum atomic E-state index is 11.7. The topological polar surface area (TPSA) is 73.0 Å². The predicted octanol–water partition coefficient (Wildman–Crippen LogP) is 3.75. The summed E-state index contributed by atoms with van der Waals surface area (Å²) in [5, 5.41) is 11.6. The highest BCUT2D eigenvalue weighted by atomic mass is 16.3. The molecule has 1 amide bonds. The van der Waals surface area contributed by atoms with E-state index in [2.05, 4.69) is 59.1 Å². The fraction of sp³-hybridized carbons (Fsp3) is 0.552. The van der Waals surface area contributed by atoms with Gasteiger partial charge in [0.2, 0.25) is 5.91 Å². The Morgan fingerprint density at radius 2 is 1.77 bits per heavy atom. The van der Waals surface area contributed by atoms with Crippen LogP contribution in [0.15, 0.2) is 54.6 Å². The van der Waals surface area contributed by atoms with Crippen LogP contribution in [0, 0.1) is 5.92 Å². The smallest absolute Gasteiger partial charge is 0.248 e. The van der Waals surface area contributed by atoms with Gasteiger partial charge in [-0.2, -0.15) is 0 Å². The summed E-state index contributed by atoms with van der Waals surface area (Å²) >= 11 is 0. The molecule has 2 saturated carbocycles. The van der Waals surface area contributed by atoms with E-state index in [1.807, 2.05) is 18.2 Å². The van der Waals surface area contributed by atoms with E-state index in [1.54, 1.807) is 6.07 Å². The molecule has 2 aromatic carbocycles. The third-order valence-electron chi connectivity index (χ3n) is 9.16. The van der Waals surface area contributed by atoms with E-state index >= 15 is 0 Å². The van der Waals surface area contributed by atoms with Gasteiger partial charge in [-0.1, -0.05) is 48.9 Å². The number of aliphatic hydroxyl groups excluding tert-OH is 1. The Hall–Kier alpha value is -2.25. The Morgan fingerprint density at radius 3 is 2.37 bits per heavy atom. The van der Waals surface area contributed by atoms with Crippen LogP contribution in [0.5, 0.6) is 0 Å². The van der Waals surface area contributed by atoms with E-state index in [0.29, 0.717) is 18.0 Å². The Bertz CT molecular complexity index is 1030. The lowest BCUT2D eigenvalue weighted by Crippen LogP contribution is -2.57. The lowest BCUT2D eigenvalue weighted by atomic mass is 9.68. The molecule has 1 unspecified atom stereocenters. The molecule has 6 heteroatoms. The lowest BCUT2D eigenvalue weighted by Gasteiger charge is -2.52. The number of carbonyl (C=O) groups is 1. The van der Waals surface area contributed by atoms with Crippen LogP contribution in [-0.2, 0) is 12.1 Å².